The lowest BCUT2D eigenvalue weighted by Gasteiger charge is -2.12. The molecule has 1 unspecified atom stereocenters. The van der Waals surface area contributed by atoms with E-state index in [2.05, 4.69) is 11.4 Å². The summed E-state index contributed by atoms with van der Waals surface area (Å²) in [5.74, 6) is 0. The molecule has 0 aliphatic carbocycles. The van der Waals surface area contributed by atoms with Gasteiger partial charge in [-0.2, -0.15) is 0 Å². The number of rotatable bonds is 1. The minimum atomic E-state index is 0. The molecule has 1 aromatic rings. The molecule has 3 N–H and O–H groups in total. The van der Waals surface area contributed by atoms with E-state index >= 15 is 0 Å². The van der Waals surface area contributed by atoms with Crippen LogP contribution in [0.5, 0.6) is 0 Å². The van der Waals surface area contributed by atoms with E-state index < -0.39 is 0 Å². The summed E-state index contributed by atoms with van der Waals surface area (Å²) >= 11 is 0. The molecule has 1 aliphatic rings. The molecule has 1 atom stereocenters. The number of hydrogen-bond acceptors (Lipinski definition) is 2. The van der Waals surface area contributed by atoms with Crippen molar-refractivity contribution in [3.05, 3.63) is 29.8 Å². The predicted octanol–water partition coefficient (Wildman–Crippen LogP) is 2.54. The number of nitrogens with two attached hydrogens (primary N) is 1. The van der Waals surface area contributed by atoms with Crippen molar-refractivity contribution in [1.82, 2.24) is 5.32 Å². The van der Waals surface area contributed by atoms with Crippen LogP contribution in [0.4, 0.5) is 5.69 Å². The molecule has 0 amide bonds. The highest BCUT2D eigenvalue weighted by atomic mass is 35.5. The number of hydrogen-bond donors (Lipinski definition) is 2. The minimum Gasteiger partial charge on any atom is -0.398 e. The fourth-order valence-corrected chi connectivity index (χ4v) is 1.78. The van der Waals surface area contributed by atoms with Crippen molar-refractivity contribution < 1.29 is 0 Å². The number of nitrogen functional groups attached to an aromatic ring is 1. The Balaban J connectivity index is 0.000000845. The molecule has 14 heavy (non-hydrogen) atoms. The van der Waals surface area contributed by atoms with Crippen LogP contribution in [0.15, 0.2) is 24.3 Å². The van der Waals surface area contributed by atoms with E-state index in [1.54, 1.807) is 0 Å². The van der Waals surface area contributed by atoms with E-state index in [1.807, 2.05) is 18.2 Å². The molecular weight excluding hydrogens is 219 g/mol. The summed E-state index contributed by atoms with van der Waals surface area (Å²) in [7, 11) is 0. The van der Waals surface area contributed by atoms with Crippen molar-refractivity contribution in [2.45, 2.75) is 18.9 Å². The van der Waals surface area contributed by atoms with Crippen LogP contribution in [0.1, 0.15) is 24.4 Å². The Hall–Kier alpha value is -0.440. The van der Waals surface area contributed by atoms with Gasteiger partial charge in [-0.3, -0.25) is 0 Å². The molecule has 1 saturated heterocycles. The maximum absolute atomic E-state index is 5.86. The van der Waals surface area contributed by atoms with Crippen molar-refractivity contribution in [2.24, 2.45) is 0 Å². The number of halogens is 2. The molecule has 0 bridgehead atoms. The van der Waals surface area contributed by atoms with Crippen LogP contribution in [-0.4, -0.2) is 6.54 Å². The van der Waals surface area contributed by atoms with E-state index in [0.29, 0.717) is 6.04 Å². The zero-order chi connectivity index (χ0) is 8.39. The van der Waals surface area contributed by atoms with E-state index in [1.165, 1.54) is 18.4 Å². The van der Waals surface area contributed by atoms with Crippen molar-refractivity contribution in [3.63, 3.8) is 0 Å². The van der Waals surface area contributed by atoms with Crippen molar-refractivity contribution in [1.29, 1.82) is 0 Å². The summed E-state index contributed by atoms with van der Waals surface area (Å²) in [4.78, 5) is 0. The zero-order valence-electron chi connectivity index (χ0n) is 7.90. The highest BCUT2D eigenvalue weighted by Crippen LogP contribution is 2.26. The summed E-state index contributed by atoms with van der Waals surface area (Å²) in [5.41, 5.74) is 8.03. The molecule has 4 heteroatoms. The average Bonchev–Trinajstić information content (AvgIpc) is 2.57. The van der Waals surface area contributed by atoms with Crippen molar-refractivity contribution in [3.8, 4) is 0 Å². The fraction of sp³-hybridized carbons (Fsp3) is 0.400. The topological polar surface area (TPSA) is 38.0 Å². The zero-order valence-corrected chi connectivity index (χ0v) is 9.53. The maximum atomic E-state index is 5.86. The first-order valence-corrected chi connectivity index (χ1v) is 4.46. The van der Waals surface area contributed by atoms with Crippen LogP contribution in [0, 0.1) is 0 Å². The standard InChI is InChI=1S/C10H14N2.2ClH/c11-9-5-2-1-4-8(9)10-6-3-7-12-10;;/h1-2,4-5,10,12H,3,6-7,11H2;2*1H. The highest BCUT2D eigenvalue weighted by Gasteiger charge is 2.17. The van der Waals surface area contributed by atoms with Gasteiger partial charge < -0.3 is 11.1 Å². The Bertz CT molecular complexity index is 273. The van der Waals surface area contributed by atoms with Gasteiger partial charge in [-0.25, -0.2) is 0 Å². The third-order valence-electron chi connectivity index (χ3n) is 2.43. The SMILES string of the molecule is Cl.Cl.Nc1ccccc1C1CCCN1. The minimum absolute atomic E-state index is 0. The van der Waals surface area contributed by atoms with Gasteiger partial charge in [0.1, 0.15) is 0 Å². The van der Waals surface area contributed by atoms with Crippen molar-refractivity contribution >= 4 is 30.5 Å². The lowest BCUT2D eigenvalue weighted by atomic mass is 10.0. The van der Waals surface area contributed by atoms with E-state index in [0.717, 1.165) is 12.2 Å². The first-order chi connectivity index (χ1) is 5.88. The molecular formula is C10H16Cl2N2. The van der Waals surface area contributed by atoms with Gasteiger partial charge in [0, 0.05) is 11.7 Å². The summed E-state index contributed by atoms with van der Waals surface area (Å²) in [5, 5.41) is 3.43. The Morgan fingerprint density at radius 3 is 2.50 bits per heavy atom. The number of para-hydroxylation sites is 1. The number of benzene rings is 1. The Morgan fingerprint density at radius 2 is 1.93 bits per heavy atom. The molecule has 1 fully saturated rings. The highest BCUT2D eigenvalue weighted by molar-refractivity contribution is 5.85. The molecule has 1 aromatic carbocycles. The predicted molar refractivity (Wildman–Crippen MR) is 65.3 cm³/mol. The Labute approximate surface area is 97.1 Å². The first-order valence-electron chi connectivity index (χ1n) is 4.46. The third-order valence-corrected chi connectivity index (χ3v) is 2.43. The fourth-order valence-electron chi connectivity index (χ4n) is 1.78. The summed E-state index contributed by atoms with van der Waals surface area (Å²) in [6.45, 7) is 1.12. The number of anilines is 1. The second kappa shape index (κ2) is 6.12. The van der Waals surface area contributed by atoms with Crippen molar-refractivity contribution in [2.75, 3.05) is 12.3 Å². The van der Waals surface area contributed by atoms with Gasteiger partial charge in [0.2, 0.25) is 0 Å². The summed E-state index contributed by atoms with van der Waals surface area (Å²) in [6.07, 6.45) is 2.48. The van der Waals surface area contributed by atoms with E-state index in [-0.39, 0.29) is 24.8 Å². The second-order valence-electron chi connectivity index (χ2n) is 3.28. The van der Waals surface area contributed by atoms with Gasteiger partial charge in [0.15, 0.2) is 0 Å². The number of nitrogens with one attached hydrogen (secondary N) is 1. The smallest absolute Gasteiger partial charge is 0.0362 e. The van der Waals surface area contributed by atoms with Gasteiger partial charge in [0.25, 0.3) is 0 Å². The summed E-state index contributed by atoms with van der Waals surface area (Å²) in [6, 6.07) is 8.60. The molecule has 0 radical (unpaired) electrons. The third kappa shape index (κ3) is 2.77. The second-order valence-corrected chi connectivity index (χ2v) is 3.28. The molecule has 1 aliphatic heterocycles. The van der Waals surface area contributed by atoms with Gasteiger partial charge in [0.05, 0.1) is 0 Å². The molecule has 0 saturated carbocycles. The Morgan fingerprint density at radius 1 is 1.21 bits per heavy atom. The summed E-state index contributed by atoms with van der Waals surface area (Å²) < 4.78 is 0. The lowest BCUT2D eigenvalue weighted by Crippen LogP contribution is -2.14. The van der Waals surface area contributed by atoms with E-state index in [9.17, 15) is 0 Å². The molecule has 80 valence electrons. The normalized spacial score (nSPS) is 19.6. The van der Waals surface area contributed by atoms with Crippen LogP contribution in [0.3, 0.4) is 0 Å². The maximum Gasteiger partial charge on any atom is 0.0362 e. The van der Waals surface area contributed by atoms with Crippen LogP contribution in [-0.2, 0) is 0 Å². The molecule has 2 nitrogen and oxygen atoms in total. The quantitative estimate of drug-likeness (QED) is 0.734. The molecule has 1 heterocycles. The van der Waals surface area contributed by atoms with Crippen LogP contribution >= 0.6 is 24.8 Å². The van der Waals surface area contributed by atoms with Gasteiger partial charge in [-0.05, 0) is 31.0 Å². The van der Waals surface area contributed by atoms with Crippen LogP contribution in [0.25, 0.3) is 0 Å². The largest absolute Gasteiger partial charge is 0.398 e. The Kier molecular flexibility index (Phi) is 5.93. The van der Waals surface area contributed by atoms with Gasteiger partial charge in [-0.15, -0.1) is 24.8 Å². The first kappa shape index (κ1) is 13.6. The van der Waals surface area contributed by atoms with Gasteiger partial charge in [-0.1, -0.05) is 18.2 Å². The average molecular weight is 235 g/mol. The molecule has 0 spiro atoms. The lowest BCUT2D eigenvalue weighted by molar-refractivity contribution is 0.650. The van der Waals surface area contributed by atoms with Gasteiger partial charge >= 0.3 is 0 Å². The molecule has 2 rings (SSSR count). The van der Waals surface area contributed by atoms with E-state index in [4.69, 9.17) is 5.73 Å². The monoisotopic (exact) mass is 234 g/mol. The van der Waals surface area contributed by atoms with Crippen LogP contribution in [0.2, 0.25) is 0 Å². The van der Waals surface area contributed by atoms with Crippen LogP contribution < -0.4 is 11.1 Å². The molecule has 0 aromatic heterocycles.